The molecule has 0 radical (unpaired) electrons. The van der Waals surface area contributed by atoms with Gasteiger partial charge in [0.2, 0.25) is 5.91 Å². The van der Waals surface area contributed by atoms with E-state index in [4.69, 9.17) is 10.5 Å². The van der Waals surface area contributed by atoms with Crippen molar-refractivity contribution in [1.82, 2.24) is 5.32 Å². The van der Waals surface area contributed by atoms with Gasteiger partial charge < -0.3 is 20.7 Å². The van der Waals surface area contributed by atoms with E-state index < -0.39 is 28.1 Å². The second-order valence-corrected chi connectivity index (χ2v) is 7.71. The average Bonchev–Trinajstić information content (AvgIpc) is 2.57. The number of amides is 2. The van der Waals surface area contributed by atoms with Gasteiger partial charge in [0.15, 0.2) is 0 Å². The molecule has 1 aromatic rings. The number of primary amides is 1. The van der Waals surface area contributed by atoms with Crippen LogP contribution in [0.2, 0.25) is 0 Å². The monoisotopic (exact) mass is 395 g/mol. The summed E-state index contributed by atoms with van der Waals surface area (Å²) < 4.78 is 5.20. The quantitative estimate of drug-likeness (QED) is 0.453. The van der Waals surface area contributed by atoms with E-state index in [0.29, 0.717) is 24.3 Å². The lowest BCUT2D eigenvalue weighted by atomic mass is 9.97. The highest BCUT2D eigenvalue weighted by molar-refractivity contribution is 5.87. The second-order valence-electron chi connectivity index (χ2n) is 7.71. The van der Waals surface area contributed by atoms with E-state index in [1.54, 1.807) is 46.7 Å². The zero-order chi connectivity index (χ0) is 21.7. The summed E-state index contributed by atoms with van der Waals surface area (Å²) in [6.45, 7) is 7.19. The van der Waals surface area contributed by atoms with Gasteiger partial charge in [-0.15, -0.1) is 0 Å². The molecule has 10 heteroatoms. The Kier molecular flexibility index (Phi) is 7.34. The Morgan fingerprint density at radius 1 is 1.29 bits per heavy atom. The summed E-state index contributed by atoms with van der Waals surface area (Å²) in [4.78, 5) is 36.1. The number of hydrogen-bond acceptors (Lipinski definition) is 7. The smallest absolute Gasteiger partial charge is 0.412 e. The molecular formula is C18H29N5O5. The topological polar surface area (TPSA) is 140 Å². The van der Waals surface area contributed by atoms with Crippen molar-refractivity contribution in [3.8, 4) is 0 Å². The molecule has 0 aliphatic rings. The van der Waals surface area contributed by atoms with Crippen LogP contribution in [0.15, 0.2) is 18.2 Å². The molecular weight excluding hydrogens is 366 g/mol. The highest BCUT2D eigenvalue weighted by atomic mass is 16.6. The lowest BCUT2D eigenvalue weighted by molar-refractivity contribution is -0.384. The molecule has 0 aromatic heterocycles. The van der Waals surface area contributed by atoms with Crippen LogP contribution in [0.5, 0.6) is 0 Å². The van der Waals surface area contributed by atoms with Crippen LogP contribution in [-0.4, -0.2) is 48.7 Å². The van der Waals surface area contributed by atoms with Gasteiger partial charge >= 0.3 is 6.09 Å². The van der Waals surface area contributed by atoms with Gasteiger partial charge in [-0.25, -0.2) is 4.79 Å². The number of nitro groups is 1. The first-order chi connectivity index (χ1) is 12.8. The van der Waals surface area contributed by atoms with Crippen molar-refractivity contribution >= 4 is 29.1 Å². The van der Waals surface area contributed by atoms with Gasteiger partial charge in [0.1, 0.15) is 11.3 Å². The van der Waals surface area contributed by atoms with E-state index in [0.717, 1.165) is 0 Å². The average molecular weight is 395 g/mol. The predicted molar refractivity (Wildman–Crippen MR) is 107 cm³/mol. The maximum atomic E-state index is 12.0. The van der Waals surface area contributed by atoms with Crippen molar-refractivity contribution in [2.75, 3.05) is 30.9 Å². The number of carbonyl (C=O) groups is 2. The van der Waals surface area contributed by atoms with Gasteiger partial charge in [0.05, 0.1) is 10.5 Å². The normalized spacial score (nSPS) is 13.4. The summed E-state index contributed by atoms with van der Waals surface area (Å²) in [6, 6.07) is 4.23. The minimum atomic E-state index is -0.949. The molecule has 0 aliphatic heterocycles. The third-order valence-electron chi connectivity index (χ3n) is 4.27. The van der Waals surface area contributed by atoms with E-state index in [1.165, 1.54) is 18.2 Å². The highest BCUT2D eigenvalue weighted by Crippen LogP contribution is 2.31. The molecule has 0 aliphatic carbocycles. The largest absolute Gasteiger partial charge is 0.444 e. The Labute approximate surface area is 164 Å². The van der Waals surface area contributed by atoms with Crippen molar-refractivity contribution in [3.05, 3.63) is 28.3 Å². The summed E-state index contributed by atoms with van der Waals surface area (Å²) in [7, 11) is 3.29. The van der Waals surface area contributed by atoms with Gasteiger partial charge in [0.25, 0.3) is 5.69 Å². The fourth-order valence-corrected chi connectivity index (χ4v) is 2.37. The van der Waals surface area contributed by atoms with Gasteiger partial charge in [-0.2, -0.15) is 0 Å². The maximum absolute atomic E-state index is 12.0. The summed E-state index contributed by atoms with van der Waals surface area (Å²) in [5.74, 6) is -0.516. The Morgan fingerprint density at radius 3 is 2.36 bits per heavy atom. The van der Waals surface area contributed by atoms with E-state index in [-0.39, 0.29) is 5.69 Å². The fourth-order valence-electron chi connectivity index (χ4n) is 2.37. The van der Waals surface area contributed by atoms with E-state index in [2.05, 4.69) is 10.6 Å². The van der Waals surface area contributed by atoms with Crippen LogP contribution in [0.25, 0.3) is 0 Å². The molecule has 156 valence electrons. The zero-order valence-electron chi connectivity index (χ0n) is 17.2. The molecule has 0 spiro atoms. The number of hydrogen-bond donors (Lipinski definition) is 3. The van der Waals surface area contributed by atoms with Crippen LogP contribution in [0, 0.1) is 10.1 Å². The summed E-state index contributed by atoms with van der Waals surface area (Å²) in [5.41, 5.74) is 4.33. The molecule has 0 saturated carbocycles. The summed E-state index contributed by atoms with van der Waals surface area (Å²) in [6.07, 6.45) is -0.331. The molecule has 0 fully saturated rings. The Morgan fingerprint density at radius 2 is 1.89 bits per heavy atom. The Bertz CT molecular complexity index is 746. The van der Waals surface area contributed by atoms with Crippen LogP contribution in [0.1, 0.15) is 34.1 Å². The molecule has 28 heavy (non-hydrogen) atoms. The highest BCUT2D eigenvalue weighted by Gasteiger charge is 2.30. The number of nitrogens with two attached hydrogens (primary N) is 1. The molecule has 2 amide bonds. The van der Waals surface area contributed by atoms with Crippen molar-refractivity contribution in [3.63, 3.8) is 0 Å². The molecule has 1 aromatic carbocycles. The Hall–Kier alpha value is -2.88. The van der Waals surface area contributed by atoms with Crippen LogP contribution >= 0.6 is 0 Å². The van der Waals surface area contributed by atoms with Crippen molar-refractivity contribution in [2.45, 2.75) is 45.3 Å². The minimum Gasteiger partial charge on any atom is -0.444 e. The van der Waals surface area contributed by atoms with Gasteiger partial charge in [-0.3, -0.25) is 20.2 Å². The van der Waals surface area contributed by atoms with E-state index >= 15 is 0 Å². The Balaban J connectivity index is 3.06. The van der Waals surface area contributed by atoms with Gasteiger partial charge in [-0.1, -0.05) is 0 Å². The van der Waals surface area contributed by atoms with Crippen LogP contribution in [0.4, 0.5) is 21.9 Å². The molecule has 1 unspecified atom stereocenters. The first kappa shape index (κ1) is 23.2. The van der Waals surface area contributed by atoms with Crippen molar-refractivity contribution < 1.29 is 19.2 Å². The number of likely N-dealkylation sites (N-methyl/N-ethyl adjacent to an activating group) is 1. The lowest BCUT2D eigenvalue weighted by Gasteiger charge is -2.29. The number of benzene rings is 1. The number of nitro benzene ring substituents is 1. The first-order valence-electron chi connectivity index (χ1n) is 8.77. The zero-order valence-corrected chi connectivity index (χ0v) is 17.2. The molecule has 1 rings (SSSR count). The van der Waals surface area contributed by atoms with E-state index in [9.17, 15) is 19.7 Å². The number of carbonyl (C=O) groups excluding carboxylic acids is 2. The minimum absolute atomic E-state index is 0.123. The second kappa shape index (κ2) is 8.87. The molecule has 0 bridgehead atoms. The maximum Gasteiger partial charge on any atom is 0.412 e. The molecule has 0 saturated heterocycles. The van der Waals surface area contributed by atoms with E-state index in [1.807, 2.05) is 0 Å². The number of nitrogens with one attached hydrogen (secondary N) is 2. The summed E-state index contributed by atoms with van der Waals surface area (Å²) >= 11 is 0. The molecule has 1 atom stereocenters. The molecule has 0 heterocycles. The van der Waals surface area contributed by atoms with Crippen LogP contribution < -0.4 is 21.3 Å². The van der Waals surface area contributed by atoms with Gasteiger partial charge in [-0.05, 0) is 53.3 Å². The third kappa shape index (κ3) is 6.38. The number of anilines is 2. The lowest BCUT2D eigenvalue weighted by Crippen LogP contribution is -2.53. The number of rotatable bonds is 8. The number of nitrogens with zero attached hydrogens (tertiary/aromatic N) is 2. The van der Waals surface area contributed by atoms with Crippen molar-refractivity contribution in [2.24, 2.45) is 5.73 Å². The predicted octanol–water partition coefficient (Wildman–Crippen LogP) is 2.23. The molecule has 4 N–H and O–H groups in total. The first-order valence-corrected chi connectivity index (χ1v) is 8.77. The SMILES string of the molecule is CNC(C)(CCN(C)c1cc(NC(=O)OC(C)(C)C)ccc1[N+](=O)[O-])C(N)=O. The third-order valence-corrected chi connectivity index (χ3v) is 4.27. The van der Waals surface area contributed by atoms with Crippen molar-refractivity contribution in [1.29, 1.82) is 0 Å². The fraction of sp³-hybridized carbons (Fsp3) is 0.556. The summed E-state index contributed by atoms with van der Waals surface area (Å²) in [5, 5.41) is 16.8. The van der Waals surface area contributed by atoms with Crippen LogP contribution in [-0.2, 0) is 9.53 Å². The standard InChI is InChI=1S/C18H29N5O5/c1-17(2,3)28-16(25)21-12-7-8-13(23(26)27)14(11-12)22(6)10-9-18(4,20-5)15(19)24/h7-8,11,20H,9-10H2,1-6H3,(H2,19,24)(H,21,25). The van der Waals surface area contributed by atoms with Gasteiger partial charge in [0, 0.05) is 25.3 Å². The van der Waals surface area contributed by atoms with Crippen LogP contribution in [0.3, 0.4) is 0 Å². The number of ether oxygens (including phenoxy) is 1. The molecule has 10 nitrogen and oxygen atoms in total.